The summed E-state index contributed by atoms with van der Waals surface area (Å²) in [4.78, 5) is 11.2. The van der Waals surface area contributed by atoms with E-state index in [9.17, 15) is 4.79 Å². The lowest BCUT2D eigenvalue weighted by Crippen LogP contribution is -2.36. The third-order valence-electron chi connectivity index (χ3n) is 1.95. The molecule has 0 radical (unpaired) electrons. The molecule has 0 aliphatic heterocycles. The average molecular weight is 223 g/mol. The maximum atomic E-state index is 11.2. The van der Waals surface area contributed by atoms with Crippen LogP contribution < -0.4 is 11.2 Å². The Bertz CT molecular complexity index is 314. The Kier molecular flexibility index (Phi) is 5.31. The molecule has 0 atom stereocenters. The van der Waals surface area contributed by atoms with E-state index >= 15 is 0 Å². The van der Waals surface area contributed by atoms with Gasteiger partial charge in [0.2, 0.25) is 0 Å². The van der Waals surface area contributed by atoms with E-state index in [0.717, 1.165) is 5.56 Å². The number of hydrogen-bond donors (Lipinski definition) is 2. The first kappa shape index (κ1) is 12.5. The molecule has 1 aromatic rings. The van der Waals surface area contributed by atoms with Crippen molar-refractivity contribution < 1.29 is 9.53 Å². The molecule has 5 heteroatoms. The minimum atomic E-state index is -0.425. The number of nitrogens with two attached hydrogens (primary N) is 1. The van der Waals surface area contributed by atoms with Gasteiger partial charge in [0.1, 0.15) is 6.61 Å². The number of nitrogens with one attached hydrogen (secondary N) is 1. The first-order valence-electron chi connectivity index (χ1n) is 5.09. The van der Waals surface area contributed by atoms with Crippen LogP contribution in [0.2, 0.25) is 0 Å². The van der Waals surface area contributed by atoms with Gasteiger partial charge in [-0.3, -0.25) is 5.84 Å². The number of alkyl carbamates (subject to hydrolysis) is 1. The predicted octanol–water partition coefficient (Wildman–Crippen LogP) is 0.718. The van der Waals surface area contributed by atoms with E-state index in [-0.39, 0.29) is 6.61 Å². The number of likely N-dealkylation sites (N-methyl/N-ethyl adjacent to an activating group) is 1. The maximum Gasteiger partial charge on any atom is 0.407 e. The van der Waals surface area contributed by atoms with Crippen molar-refractivity contribution in [3.05, 3.63) is 35.9 Å². The van der Waals surface area contributed by atoms with Gasteiger partial charge in [-0.1, -0.05) is 30.3 Å². The molecule has 0 aromatic heterocycles. The highest BCUT2D eigenvalue weighted by Gasteiger charge is 2.01. The zero-order chi connectivity index (χ0) is 11.8. The van der Waals surface area contributed by atoms with E-state index < -0.39 is 6.09 Å². The summed E-state index contributed by atoms with van der Waals surface area (Å²) in [7, 11) is 1.73. The molecule has 0 fully saturated rings. The molecular weight excluding hydrogens is 206 g/mol. The molecular formula is C11H17N3O2. The number of hydrazine groups is 1. The summed E-state index contributed by atoms with van der Waals surface area (Å²) in [6, 6.07) is 9.53. The third kappa shape index (κ3) is 5.33. The molecule has 0 bridgehead atoms. The highest BCUT2D eigenvalue weighted by Crippen LogP contribution is 2.00. The summed E-state index contributed by atoms with van der Waals surface area (Å²) in [5, 5.41) is 4.10. The largest absolute Gasteiger partial charge is 0.445 e. The Morgan fingerprint density at radius 2 is 2.12 bits per heavy atom. The van der Waals surface area contributed by atoms with Crippen molar-refractivity contribution in [1.29, 1.82) is 0 Å². The molecule has 0 heterocycles. The zero-order valence-electron chi connectivity index (χ0n) is 9.35. The van der Waals surface area contributed by atoms with Crippen LogP contribution in [0.25, 0.3) is 0 Å². The highest BCUT2D eigenvalue weighted by atomic mass is 16.5. The van der Waals surface area contributed by atoms with Crippen LogP contribution in [-0.4, -0.2) is 31.2 Å². The molecule has 0 aliphatic rings. The molecule has 0 unspecified atom stereocenters. The summed E-state index contributed by atoms with van der Waals surface area (Å²) in [6.07, 6.45) is -0.425. The second-order valence-corrected chi connectivity index (χ2v) is 3.47. The minimum Gasteiger partial charge on any atom is -0.445 e. The lowest BCUT2D eigenvalue weighted by atomic mass is 10.2. The Labute approximate surface area is 95.2 Å². The fourth-order valence-electron chi connectivity index (χ4n) is 1.11. The summed E-state index contributed by atoms with van der Waals surface area (Å²) < 4.78 is 5.00. The van der Waals surface area contributed by atoms with Crippen molar-refractivity contribution in [1.82, 2.24) is 10.3 Å². The molecule has 3 N–H and O–H groups in total. The first-order chi connectivity index (χ1) is 7.68. The van der Waals surface area contributed by atoms with Crippen LogP contribution in [-0.2, 0) is 11.3 Å². The molecule has 1 aromatic carbocycles. The van der Waals surface area contributed by atoms with Gasteiger partial charge in [0.15, 0.2) is 0 Å². The van der Waals surface area contributed by atoms with Crippen molar-refractivity contribution in [3.8, 4) is 0 Å². The average Bonchev–Trinajstić information content (AvgIpc) is 2.27. The van der Waals surface area contributed by atoms with E-state index in [1.807, 2.05) is 30.3 Å². The second kappa shape index (κ2) is 6.81. The first-order valence-corrected chi connectivity index (χ1v) is 5.09. The topological polar surface area (TPSA) is 67.6 Å². The molecule has 5 nitrogen and oxygen atoms in total. The van der Waals surface area contributed by atoms with Gasteiger partial charge in [-0.05, 0) is 5.56 Å². The summed E-state index contributed by atoms with van der Waals surface area (Å²) in [6.45, 7) is 1.34. The molecule has 88 valence electrons. The van der Waals surface area contributed by atoms with Gasteiger partial charge in [0.25, 0.3) is 0 Å². The fraction of sp³-hybridized carbons (Fsp3) is 0.364. The van der Waals surface area contributed by atoms with Crippen molar-refractivity contribution >= 4 is 6.09 Å². The van der Waals surface area contributed by atoms with Crippen LogP contribution >= 0.6 is 0 Å². The van der Waals surface area contributed by atoms with Gasteiger partial charge in [0.05, 0.1) is 0 Å². The van der Waals surface area contributed by atoms with Gasteiger partial charge in [0, 0.05) is 20.1 Å². The maximum absolute atomic E-state index is 11.2. The monoisotopic (exact) mass is 223 g/mol. The minimum absolute atomic E-state index is 0.283. The molecule has 1 rings (SSSR count). The number of carbonyl (C=O) groups is 1. The van der Waals surface area contributed by atoms with Crippen molar-refractivity contribution in [3.63, 3.8) is 0 Å². The van der Waals surface area contributed by atoms with Crippen LogP contribution in [0.5, 0.6) is 0 Å². The number of amides is 1. The van der Waals surface area contributed by atoms with Crippen molar-refractivity contribution in [2.45, 2.75) is 6.61 Å². The Hall–Kier alpha value is -1.59. The second-order valence-electron chi connectivity index (χ2n) is 3.47. The van der Waals surface area contributed by atoms with Crippen molar-refractivity contribution in [2.24, 2.45) is 5.84 Å². The van der Waals surface area contributed by atoms with Crippen LogP contribution in [0.3, 0.4) is 0 Å². The van der Waals surface area contributed by atoms with Gasteiger partial charge >= 0.3 is 6.09 Å². The molecule has 0 saturated heterocycles. The van der Waals surface area contributed by atoms with E-state index in [4.69, 9.17) is 10.6 Å². The van der Waals surface area contributed by atoms with Crippen LogP contribution in [0, 0.1) is 0 Å². The number of rotatable bonds is 5. The SMILES string of the molecule is CN(N)CCNC(=O)OCc1ccccc1. The third-order valence-corrected chi connectivity index (χ3v) is 1.95. The van der Waals surface area contributed by atoms with Crippen molar-refractivity contribution in [2.75, 3.05) is 20.1 Å². The van der Waals surface area contributed by atoms with Gasteiger partial charge in [-0.2, -0.15) is 0 Å². The van der Waals surface area contributed by atoms with Crippen LogP contribution in [0.15, 0.2) is 30.3 Å². The van der Waals surface area contributed by atoms with Crippen LogP contribution in [0.4, 0.5) is 4.79 Å². The molecule has 0 aliphatic carbocycles. The lowest BCUT2D eigenvalue weighted by molar-refractivity contribution is 0.138. The Balaban J connectivity index is 2.16. The number of hydrogen-bond acceptors (Lipinski definition) is 4. The van der Waals surface area contributed by atoms with Gasteiger partial charge in [-0.25, -0.2) is 9.80 Å². The Morgan fingerprint density at radius 1 is 1.44 bits per heavy atom. The normalized spacial score (nSPS) is 10.2. The number of benzene rings is 1. The molecule has 1 amide bonds. The lowest BCUT2D eigenvalue weighted by Gasteiger charge is -2.10. The number of carbonyl (C=O) groups excluding carboxylic acids is 1. The molecule has 0 spiro atoms. The smallest absolute Gasteiger partial charge is 0.407 e. The zero-order valence-corrected chi connectivity index (χ0v) is 9.35. The summed E-state index contributed by atoms with van der Waals surface area (Å²) >= 11 is 0. The number of nitrogens with zero attached hydrogens (tertiary/aromatic N) is 1. The van der Waals surface area contributed by atoms with E-state index in [2.05, 4.69) is 5.32 Å². The van der Waals surface area contributed by atoms with Gasteiger partial charge in [-0.15, -0.1) is 0 Å². The summed E-state index contributed by atoms with van der Waals surface area (Å²) in [5.74, 6) is 5.38. The molecule has 16 heavy (non-hydrogen) atoms. The van der Waals surface area contributed by atoms with E-state index in [0.29, 0.717) is 13.1 Å². The fourth-order valence-corrected chi connectivity index (χ4v) is 1.11. The van der Waals surface area contributed by atoms with Crippen LogP contribution in [0.1, 0.15) is 5.56 Å². The van der Waals surface area contributed by atoms with Gasteiger partial charge < -0.3 is 10.1 Å². The number of ether oxygens (including phenoxy) is 1. The predicted molar refractivity (Wildman–Crippen MR) is 61.4 cm³/mol. The summed E-state index contributed by atoms with van der Waals surface area (Å²) in [5.41, 5.74) is 0.966. The molecule has 0 saturated carbocycles. The quantitative estimate of drug-likeness (QED) is 0.570. The van der Waals surface area contributed by atoms with E-state index in [1.165, 1.54) is 5.01 Å². The standard InChI is InChI=1S/C11H17N3O2/c1-14(12)8-7-13-11(15)16-9-10-5-3-2-4-6-10/h2-6H,7-9,12H2,1H3,(H,13,15). The Morgan fingerprint density at radius 3 is 2.75 bits per heavy atom. The van der Waals surface area contributed by atoms with E-state index in [1.54, 1.807) is 7.05 Å². The highest BCUT2D eigenvalue weighted by molar-refractivity contribution is 5.67.